The third-order valence-electron chi connectivity index (χ3n) is 4.40. The number of ether oxygens (including phenoxy) is 2. The SMILES string of the molecule is C[C@H](NP(=O)(Oc1ccccc1)Oc1ccc([N+](=O)[O-])cc1)C(=O)OC1CCOCC1. The van der Waals surface area contributed by atoms with Gasteiger partial charge in [0.1, 0.15) is 23.6 Å². The number of esters is 1. The van der Waals surface area contributed by atoms with Gasteiger partial charge in [-0.2, -0.15) is 5.09 Å². The van der Waals surface area contributed by atoms with Crippen molar-refractivity contribution in [1.29, 1.82) is 0 Å². The largest absolute Gasteiger partial charge is 0.513 e. The van der Waals surface area contributed by atoms with Crippen LogP contribution in [-0.4, -0.2) is 36.3 Å². The van der Waals surface area contributed by atoms with Gasteiger partial charge in [-0.3, -0.25) is 14.9 Å². The zero-order valence-electron chi connectivity index (χ0n) is 16.8. The molecule has 0 amide bonds. The first kappa shape index (κ1) is 22.7. The molecule has 1 heterocycles. The Morgan fingerprint density at radius 2 is 1.68 bits per heavy atom. The fourth-order valence-corrected chi connectivity index (χ4v) is 4.33. The van der Waals surface area contributed by atoms with Crippen LogP contribution in [0, 0.1) is 10.1 Å². The molecule has 0 bridgehead atoms. The van der Waals surface area contributed by atoms with Crippen molar-refractivity contribution in [3.63, 3.8) is 0 Å². The number of nitrogens with zero attached hydrogens (tertiary/aromatic N) is 1. The van der Waals surface area contributed by atoms with Gasteiger partial charge in [0, 0.05) is 25.0 Å². The number of rotatable bonds is 9. The summed E-state index contributed by atoms with van der Waals surface area (Å²) in [7, 11) is -4.11. The summed E-state index contributed by atoms with van der Waals surface area (Å²) in [5.41, 5.74) is -0.146. The molecule has 2 aromatic carbocycles. The molecule has 1 aliphatic heterocycles. The Bertz CT molecular complexity index is 932. The van der Waals surface area contributed by atoms with Gasteiger partial charge in [-0.15, -0.1) is 0 Å². The average molecular weight is 450 g/mol. The second-order valence-corrected chi connectivity index (χ2v) is 8.46. The molecule has 2 atom stereocenters. The first-order valence-corrected chi connectivity index (χ1v) is 11.2. The Labute approximate surface area is 179 Å². The van der Waals surface area contributed by atoms with Gasteiger partial charge in [0.05, 0.1) is 18.1 Å². The molecule has 0 aliphatic carbocycles. The number of para-hydroxylation sites is 1. The lowest BCUT2D eigenvalue weighted by molar-refractivity contribution is -0.384. The minimum atomic E-state index is -4.11. The molecule has 0 aromatic heterocycles. The van der Waals surface area contributed by atoms with E-state index in [1.54, 1.807) is 30.3 Å². The summed E-state index contributed by atoms with van der Waals surface area (Å²) in [5, 5.41) is 13.4. The number of carbonyl (C=O) groups is 1. The van der Waals surface area contributed by atoms with Crippen LogP contribution in [0.3, 0.4) is 0 Å². The Balaban J connectivity index is 1.73. The molecule has 1 fully saturated rings. The van der Waals surface area contributed by atoms with Crippen molar-refractivity contribution in [2.45, 2.75) is 31.9 Å². The minimum absolute atomic E-state index is 0.0716. The third-order valence-corrected chi connectivity index (χ3v) is 6.00. The Morgan fingerprint density at radius 1 is 1.10 bits per heavy atom. The summed E-state index contributed by atoms with van der Waals surface area (Å²) in [5.74, 6) is -0.274. The van der Waals surface area contributed by atoms with Crippen LogP contribution in [0.2, 0.25) is 0 Å². The maximum absolute atomic E-state index is 13.5. The molecule has 0 saturated carbocycles. The summed E-state index contributed by atoms with van der Waals surface area (Å²) in [6.07, 6.45) is 0.918. The highest BCUT2D eigenvalue weighted by atomic mass is 31.2. The van der Waals surface area contributed by atoms with E-state index in [0.717, 1.165) is 0 Å². The predicted molar refractivity (Wildman–Crippen MR) is 111 cm³/mol. The van der Waals surface area contributed by atoms with Gasteiger partial charge in [0.25, 0.3) is 5.69 Å². The van der Waals surface area contributed by atoms with Crippen molar-refractivity contribution in [3.05, 3.63) is 64.7 Å². The van der Waals surface area contributed by atoms with Crippen LogP contribution in [0.4, 0.5) is 5.69 Å². The first-order valence-electron chi connectivity index (χ1n) is 9.69. The molecule has 166 valence electrons. The van der Waals surface area contributed by atoms with Crippen LogP contribution >= 0.6 is 7.75 Å². The third kappa shape index (κ3) is 6.78. The second kappa shape index (κ2) is 10.4. The predicted octanol–water partition coefficient (Wildman–Crippen LogP) is 3.86. The van der Waals surface area contributed by atoms with Crippen LogP contribution in [0.5, 0.6) is 11.5 Å². The average Bonchev–Trinajstić information content (AvgIpc) is 2.75. The number of nitro benzene ring substituents is 1. The van der Waals surface area contributed by atoms with Crippen molar-refractivity contribution >= 4 is 19.4 Å². The van der Waals surface area contributed by atoms with E-state index in [2.05, 4.69) is 5.09 Å². The lowest BCUT2D eigenvalue weighted by atomic mass is 10.1. The monoisotopic (exact) mass is 450 g/mol. The minimum Gasteiger partial charge on any atom is -0.461 e. The summed E-state index contributed by atoms with van der Waals surface area (Å²) < 4.78 is 35.2. The highest BCUT2D eigenvalue weighted by molar-refractivity contribution is 7.52. The second-order valence-electron chi connectivity index (χ2n) is 6.84. The van der Waals surface area contributed by atoms with Crippen molar-refractivity contribution < 1.29 is 32.8 Å². The summed E-state index contributed by atoms with van der Waals surface area (Å²) in [4.78, 5) is 22.8. The van der Waals surface area contributed by atoms with E-state index in [-0.39, 0.29) is 23.3 Å². The van der Waals surface area contributed by atoms with Gasteiger partial charge in [-0.25, -0.2) is 4.57 Å². The summed E-state index contributed by atoms with van der Waals surface area (Å²) >= 11 is 0. The Hall–Kier alpha value is -2.94. The molecule has 1 unspecified atom stereocenters. The molecule has 11 heteroatoms. The van der Waals surface area contributed by atoms with Crippen LogP contribution in [-0.2, 0) is 18.8 Å². The van der Waals surface area contributed by atoms with Gasteiger partial charge in [0.15, 0.2) is 0 Å². The van der Waals surface area contributed by atoms with E-state index in [0.29, 0.717) is 26.1 Å². The first-order chi connectivity index (χ1) is 14.8. The Morgan fingerprint density at radius 3 is 2.26 bits per heavy atom. The smallest absolute Gasteiger partial charge is 0.461 e. The van der Waals surface area contributed by atoms with E-state index in [9.17, 15) is 19.5 Å². The molecule has 1 aliphatic rings. The molecule has 3 rings (SSSR count). The van der Waals surface area contributed by atoms with Crippen LogP contribution in [0.25, 0.3) is 0 Å². The molecule has 0 spiro atoms. The Kier molecular flexibility index (Phi) is 7.62. The van der Waals surface area contributed by atoms with E-state index >= 15 is 0 Å². The van der Waals surface area contributed by atoms with Gasteiger partial charge in [0.2, 0.25) is 0 Å². The van der Waals surface area contributed by atoms with Gasteiger partial charge in [-0.05, 0) is 31.2 Å². The van der Waals surface area contributed by atoms with E-state index in [1.807, 2.05) is 0 Å². The molecule has 1 saturated heterocycles. The maximum Gasteiger partial charge on any atom is 0.513 e. The van der Waals surface area contributed by atoms with Crippen LogP contribution in [0.1, 0.15) is 19.8 Å². The molecule has 1 N–H and O–H groups in total. The van der Waals surface area contributed by atoms with Crippen LogP contribution < -0.4 is 14.1 Å². The van der Waals surface area contributed by atoms with Gasteiger partial charge < -0.3 is 18.5 Å². The molecule has 31 heavy (non-hydrogen) atoms. The van der Waals surface area contributed by atoms with Crippen molar-refractivity contribution in [2.24, 2.45) is 0 Å². The van der Waals surface area contributed by atoms with Crippen molar-refractivity contribution in [1.82, 2.24) is 5.09 Å². The summed E-state index contributed by atoms with van der Waals surface area (Å²) in [6, 6.07) is 12.3. The van der Waals surface area contributed by atoms with Gasteiger partial charge >= 0.3 is 13.7 Å². The van der Waals surface area contributed by atoms with Gasteiger partial charge in [-0.1, -0.05) is 18.2 Å². The zero-order chi connectivity index (χ0) is 22.3. The standard InChI is InChI=1S/C20H23N2O8P/c1-15(20(23)28-17-11-13-27-14-12-17)21-31(26,29-18-5-3-2-4-6-18)30-19-9-7-16(8-10-19)22(24)25/h2-10,15,17H,11-14H2,1H3,(H,21,26)/t15-,31?/m0/s1. The van der Waals surface area contributed by atoms with E-state index in [4.69, 9.17) is 18.5 Å². The van der Waals surface area contributed by atoms with E-state index < -0.39 is 24.7 Å². The normalized spacial score (nSPS) is 17.2. The highest BCUT2D eigenvalue weighted by Crippen LogP contribution is 2.45. The molecular formula is C20H23N2O8P. The lowest BCUT2D eigenvalue weighted by Gasteiger charge is -2.26. The van der Waals surface area contributed by atoms with Crippen LogP contribution in [0.15, 0.2) is 54.6 Å². The fourth-order valence-electron chi connectivity index (χ4n) is 2.81. The molecule has 0 radical (unpaired) electrons. The molecule has 2 aromatic rings. The topological polar surface area (TPSA) is 126 Å². The fraction of sp³-hybridized carbons (Fsp3) is 0.350. The number of nitrogens with one attached hydrogen (secondary N) is 1. The number of benzene rings is 2. The van der Waals surface area contributed by atoms with Crippen molar-refractivity contribution in [2.75, 3.05) is 13.2 Å². The quantitative estimate of drug-likeness (QED) is 0.262. The number of carbonyl (C=O) groups excluding carboxylic acids is 1. The number of hydrogen-bond donors (Lipinski definition) is 1. The number of non-ortho nitro benzene ring substituents is 1. The molecular weight excluding hydrogens is 427 g/mol. The summed E-state index contributed by atoms with van der Waals surface area (Å²) in [6.45, 7) is 2.51. The maximum atomic E-state index is 13.5. The molecule has 10 nitrogen and oxygen atoms in total. The lowest BCUT2D eigenvalue weighted by Crippen LogP contribution is -2.38. The van der Waals surface area contributed by atoms with E-state index in [1.165, 1.54) is 31.2 Å². The number of nitro groups is 1. The van der Waals surface area contributed by atoms with Crippen molar-refractivity contribution in [3.8, 4) is 11.5 Å². The highest BCUT2D eigenvalue weighted by Gasteiger charge is 2.34. The zero-order valence-corrected chi connectivity index (χ0v) is 17.7. The number of hydrogen-bond acceptors (Lipinski definition) is 8.